The van der Waals surface area contributed by atoms with Gasteiger partial charge in [-0.3, -0.25) is 14.4 Å². The van der Waals surface area contributed by atoms with E-state index in [1.807, 2.05) is 19.1 Å². The Kier molecular flexibility index (Phi) is 5.50. The molecule has 0 saturated carbocycles. The van der Waals surface area contributed by atoms with E-state index in [2.05, 4.69) is 6.58 Å². The molecule has 25 heavy (non-hydrogen) atoms. The lowest BCUT2D eigenvalue weighted by Crippen LogP contribution is -2.45. The summed E-state index contributed by atoms with van der Waals surface area (Å²) in [6.07, 6.45) is 5.95. The molecule has 0 bridgehead atoms. The van der Waals surface area contributed by atoms with Crippen LogP contribution in [0, 0.1) is 17.3 Å². The molecule has 0 saturated heterocycles. The van der Waals surface area contributed by atoms with Crippen LogP contribution < -0.4 is 0 Å². The van der Waals surface area contributed by atoms with Gasteiger partial charge in [0.2, 0.25) is 0 Å². The number of hydrogen-bond donors (Lipinski definition) is 0. The minimum Gasteiger partial charge on any atom is -0.468 e. The van der Waals surface area contributed by atoms with Crippen molar-refractivity contribution < 1.29 is 28.6 Å². The zero-order chi connectivity index (χ0) is 18.8. The number of allylic oxidation sites excluding steroid dienone is 3. The molecule has 0 aromatic carbocycles. The average Bonchev–Trinajstić information content (AvgIpc) is 2.77. The molecule has 136 valence electrons. The molecule has 0 aliphatic heterocycles. The maximum atomic E-state index is 12.6. The summed E-state index contributed by atoms with van der Waals surface area (Å²) in [4.78, 5) is 36.5. The van der Waals surface area contributed by atoms with Gasteiger partial charge in [0.25, 0.3) is 0 Å². The van der Waals surface area contributed by atoms with Crippen molar-refractivity contribution in [3.8, 4) is 0 Å². The second-order valence-electron chi connectivity index (χ2n) is 6.47. The van der Waals surface area contributed by atoms with E-state index in [1.165, 1.54) is 21.1 Å². The zero-order valence-electron chi connectivity index (χ0n) is 15.0. The molecule has 6 nitrogen and oxygen atoms in total. The molecular formula is C19H24O6. The Morgan fingerprint density at radius 2 is 1.68 bits per heavy atom. The number of ether oxygens (including phenoxy) is 3. The van der Waals surface area contributed by atoms with Crippen molar-refractivity contribution in [2.75, 3.05) is 14.2 Å². The van der Waals surface area contributed by atoms with Gasteiger partial charge < -0.3 is 14.2 Å². The topological polar surface area (TPSA) is 78.9 Å². The van der Waals surface area contributed by atoms with Crippen LogP contribution in [0.4, 0.5) is 0 Å². The van der Waals surface area contributed by atoms with Crippen LogP contribution in [0.25, 0.3) is 0 Å². The van der Waals surface area contributed by atoms with E-state index < -0.39 is 17.4 Å². The van der Waals surface area contributed by atoms with Crippen molar-refractivity contribution in [2.24, 2.45) is 17.3 Å². The summed E-state index contributed by atoms with van der Waals surface area (Å²) < 4.78 is 15.2. The fraction of sp³-hybridized carbons (Fsp3) is 0.526. The summed E-state index contributed by atoms with van der Waals surface area (Å²) in [7, 11) is 2.51. The highest BCUT2D eigenvalue weighted by Crippen LogP contribution is 2.52. The van der Waals surface area contributed by atoms with Crippen molar-refractivity contribution in [1.29, 1.82) is 0 Å². The standard InChI is InChI=1S/C19H24O6/c1-11(2)15-10-19(17(21)23-4,18(22)24-5)16-9-7-13(25-12(3)20)6-8-14(15)16/h6,8,10,13-14,16H,1,7,9H2,2-5H3/t13-,14+,16-/m1/s1. The molecule has 0 N–H and O–H groups in total. The predicted octanol–water partition coefficient (Wildman–Crippen LogP) is 2.35. The van der Waals surface area contributed by atoms with Crippen LogP contribution in [0.5, 0.6) is 0 Å². The number of hydrogen-bond acceptors (Lipinski definition) is 6. The molecule has 6 heteroatoms. The Hall–Kier alpha value is -2.37. The maximum Gasteiger partial charge on any atom is 0.327 e. The van der Waals surface area contributed by atoms with E-state index in [9.17, 15) is 14.4 Å². The Morgan fingerprint density at radius 1 is 1.08 bits per heavy atom. The van der Waals surface area contributed by atoms with E-state index >= 15 is 0 Å². The fourth-order valence-corrected chi connectivity index (χ4v) is 3.84. The van der Waals surface area contributed by atoms with Crippen LogP contribution in [-0.2, 0) is 28.6 Å². The molecule has 2 aliphatic rings. The van der Waals surface area contributed by atoms with Gasteiger partial charge in [-0.2, -0.15) is 0 Å². The second-order valence-corrected chi connectivity index (χ2v) is 6.47. The molecule has 0 aromatic rings. The fourth-order valence-electron chi connectivity index (χ4n) is 3.84. The maximum absolute atomic E-state index is 12.6. The van der Waals surface area contributed by atoms with Gasteiger partial charge >= 0.3 is 17.9 Å². The number of carbonyl (C=O) groups is 3. The highest BCUT2D eigenvalue weighted by atomic mass is 16.5. The molecule has 0 heterocycles. The smallest absolute Gasteiger partial charge is 0.327 e. The van der Waals surface area contributed by atoms with Crippen LogP contribution in [0.2, 0.25) is 0 Å². The average molecular weight is 348 g/mol. The minimum absolute atomic E-state index is 0.198. The third-order valence-electron chi connectivity index (χ3n) is 4.91. The van der Waals surface area contributed by atoms with Crippen molar-refractivity contribution in [3.05, 3.63) is 36.0 Å². The van der Waals surface area contributed by atoms with E-state index in [-0.39, 0.29) is 23.9 Å². The van der Waals surface area contributed by atoms with Gasteiger partial charge in [-0.05, 0) is 37.3 Å². The Labute approximate surface area is 147 Å². The second kappa shape index (κ2) is 7.25. The zero-order valence-corrected chi connectivity index (χ0v) is 15.0. The summed E-state index contributed by atoms with van der Waals surface area (Å²) in [6, 6.07) is 0. The van der Waals surface area contributed by atoms with E-state index in [1.54, 1.807) is 6.08 Å². The summed E-state index contributed by atoms with van der Waals surface area (Å²) in [5.41, 5.74) is 0.0542. The third-order valence-corrected chi connectivity index (χ3v) is 4.91. The highest BCUT2D eigenvalue weighted by Gasteiger charge is 2.59. The highest BCUT2D eigenvalue weighted by molar-refractivity contribution is 6.04. The molecule has 2 rings (SSSR count). The quantitative estimate of drug-likeness (QED) is 0.336. The molecule has 0 aromatic heterocycles. The van der Waals surface area contributed by atoms with E-state index in [0.29, 0.717) is 12.8 Å². The Bertz CT molecular complexity index is 641. The van der Waals surface area contributed by atoms with Gasteiger partial charge in [-0.1, -0.05) is 24.3 Å². The lowest BCUT2D eigenvalue weighted by atomic mass is 9.72. The number of fused-ring (bicyclic) bond motifs is 1. The van der Waals surface area contributed by atoms with Crippen molar-refractivity contribution >= 4 is 17.9 Å². The van der Waals surface area contributed by atoms with E-state index in [4.69, 9.17) is 14.2 Å². The molecule has 0 fully saturated rings. The van der Waals surface area contributed by atoms with Crippen LogP contribution in [0.1, 0.15) is 26.7 Å². The van der Waals surface area contributed by atoms with Crippen molar-refractivity contribution in [1.82, 2.24) is 0 Å². The van der Waals surface area contributed by atoms with Crippen LogP contribution >= 0.6 is 0 Å². The number of methoxy groups -OCH3 is 2. The normalized spacial score (nSPS) is 26.7. The predicted molar refractivity (Wildman–Crippen MR) is 90.3 cm³/mol. The molecular weight excluding hydrogens is 324 g/mol. The number of rotatable bonds is 4. The summed E-state index contributed by atoms with van der Waals surface area (Å²) >= 11 is 0. The van der Waals surface area contributed by atoms with E-state index in [0.717, 1.165) is 11.1 Å². The Morgan fingerprint density at radius 3 is 2.16 bits per heavy atom. The monoisotopic (exact) mass is 348 g/mol. The first kappa shape index (κ1) is 19.0. The van der Waals surface area contributed by atoms with Crippen molar-refractivity contribution in [3.63, 3.8) is 0 Å². The molecule has 0 unspecified atom stereocenters. The third kappa shape index (κ3) is 3.25. The van der Waals surface area contributed by atoms with Gasteiger partial charge in [-0.15, -0.1) is 0 Å². The van der Waals surface area contributed by atoms with Gasteiger partial charge in [-0.25, -0.2) is 0 Å². The first-order valence-electron chi connectivity index (χ1n) is 8.19. The Balaban J connectivity index is 2.52. The molecule has 0 radical (unpaired) electrons. The van der Waals surface area contributed by atoms with Gasteiger partial charge in [0.1, 0.15) is 6.10 Å². The summed E-state index contributed by atoms with van der Waals surface area (Å²) in [5.74, 6) is -2.24. The molecule has 0 amide bonds. The van der Waals surface area contributed by atoms with Crippen LogP contribution in [-0.4, -0.2) is 38.2 Å². The van der Waals surface area contributed by atoms with Gasteiger partial charge in [0.15, 0.2) is 5.41 Å². The summed E-state index contributed by atoms with van der Waals surface area (Å²) in [6.45, 7) is 7.15. The lowest BCUT2D eigenvalue weighted by Gasteiger charge is -2.31. The van der Waals surface area contributed by atoms with Gasteiger partial charge in [0.05, 0.1) is 14.2 Å². The molecule has 2 aliphatic carbocycles. The molecule has 3 atom stereocenters. The first-order chi connectivity index (χ1) is 11.8. The van der Waals surface area contributed by atoms with Crippen LogP contribution in [0.3, 0.4) is 0 Å². The SMILES string of the molecule is C=C(C)C1=CC(C(=O)OC)(C(=O)OC)[C@@H]2CC[C@H](OC(C)=O)C=C[C@@H]12. The lowest BCUT2D eigenvalue weighted by molar-refractivity contribution is -0.169. The first-order valence-corrected chi connectivity index (χ1v) is 8.19. The minimum atomic E-state index is -1.52. The van der Waals surface area contributed by atoms with Crippen LogP contribution in [0.15, 0.2) is 36.0 Å². The number of esters is 3. The van der Waals surface area contributed by atoms with Crippen molar-refractivity contribution in [2.45, 2.75) is 32.8 Å². The largest absolute Gasteiger partial charge is 0.468 e. The van der Waals surface area contributed by atoms with Gasteiger partial charge in [0, 0.05) is 12.8 Å². The summed E-state index contributed by atoms with van der Waals surface area (Å²) in [5, 5.41) is 0. The number of carbonyl (C=O) groups excluding carboxylic acids is 3. The molecule has 0 spiro atoms.